The Morgan fingerprint density at radius 1 is 1.11 bits per heavy atom. The number of thiazole rings is 1. The number of halogens is 7. The second-order valence-corrected chi connectivity index (χ2v) is 13.6. The third-order valence-electron chi connectivity index (χ3n) is 9.23. The van der Waals surface area contributed by atoms with E-state index in [1.54, 1.807) is 13.8 Å². The summed E-state index contributed by atoms with van der Waals surface area (Å²) in [7, 11) is 0. The molecule has 2 aromatic rings. The number of para-hydroxylation sites is 1. The fraction of sp³-hybridized carbons (Fsp3) is 0.586. The summed E-state index contributed by atoms with van der Waals surface area (Å²) >= 11 is 0.858. The molecule has 256 valence electrons. The van der Waals surface area contributed by atoms with Crippen molar-refractivity contribution in [3.05, 3.63) is 29.0 Å². The zero-order chi connectivity index (χ0) is 34.6. The van der Waals surface area contributed by atoms with E-state index in [9.17, 15) is 54.7 Å². The normalized spacial score (nSPS) is 24.8. The van der Waals surface area contributed by atoms with Gasteiger partial charge in [-0.1, -0.05) is 19.9 Å². The van der Waals surface area contributed by atoms with Crippen molar-refractivity contribution in [3.8, 4) is 0 Å². The van der Waals surface area contributed by atoms with Crippen LogP contribution in [0.25, 0.3) is 10.2 Å². The van der Waals surface area contributed by atoms with Gasteiger partial charge in [0.05, 0.1) is 10.7 Å². The number of carbonyl (C=O) groups excluding carboxylic acids is 5. The maximum Gasteiger partial charge on any atom is 0.471 e. The fourth-order valence-electron chi connectivity index (χ4n) is 6.63. The van der Waals surface area contributed by atoms with Gasteiger partial charge in [-0.2, -0.15) is 26.3 Å². The van der Waals surface area contributed by atoms with Gasteiger partial charge in [0.25, 0.3) is 0 Å². The van der Waals surface area contributed by atoms with Crippen LogP contribution >= 0.6 is 11.3 Å². The van der Waals surface area contributed by atoms with Crippen molar-refractivity contribution in [2.75, 3.05) is 13.1 Å². The standard InChI is InChI=1S/C29H30F7N5O5S/c1-27(2)13-11-41(25(45)15(6-8-28(31,32)33)39-26(46)29(34,35)36)20(18(13)27)23(44)38-16(10-12-7-9-37-22(12)43)21(42)24-40-19-14(30)4-3-5-17(19)47-24/h3-5,12-13,15-16,18,20H,6-11H2,1-2H3,(H,37,43)(H,38,44)(H,39,46)/t12-,13-,15-,16-,18-,20-/m0/s1. The number of aromatic nitrogens is 1. The number of nitrogens with one attached hydrogen (secondary N) is 3. The predicted molar refractivity (Wildman–Crippen MR) is 151 cm³/mol. The van der Waals surface area contributed by atoms with Crippen molar-refractivity contribution in [2.45, 2.75) is 70.0 Å². The number of hydrogen-bond acceptors (Lipinski definition) is 7. The summed E-state index contributed by atoms with van der Waals surface area (Å²) in [5.74, 6) is -8.29. The number of piperidine rings is 1. The number of alkyl halides is 6. The molecule has 2 aliphatic heterocycles. The average Bonchev–Trinajstić information content (AvgIpc) is 3.49. The third-order valence-corrected chi connectivity index (χ3v) is 10.3. The molecule has 0 spiro atoms. The highest BCUT2D eigenvalue weighted by atomic mass is 32.1. The van der Waals surface area contributed by atoms with Crippen LogP contribution in [-0.4, -0.2) is 82.9 Å². The topological polar surface area (TPSA) is 138 Å². The van der Waals surface area contributed by atoms with Crippen molar-refractivity contribution in [3.63, 3.8) is 0 Å². The number of likely N-dealkylation sites (tertiary alicyclic amines) is 1. The van der Waals surface area contributed by atoms with E-state index in [-0.39, 0.29) is 35.3 Å². The number of ketones is 1. The van der Waals surface area contributed by atoms with Crippen LogP contribution in [0.5, 0.6) is 0 Å². The minimum atomic E-state index is -5.49. The van der Waals surface area contributed by atoms with Gasteiger partial charge in [0, 0.05) is 25.4 Å². The molecule has 3 aliphatic rings. The molecule has 18 heteroatoms. The van der Waals surface area contributed by atoms with Crippen LogP contribution in [0.4, 0.5) is 30.7 Å². The molecular weight excluding hydrogens is 663 g/mol. The Labute approximate surface area is 266 Å². The van der Waals surface area contributed by atoms with E-state index >= 15 is 0 Å². The highest BCUT2D eigenvalue weighted by molar-refractivity contribution is 7.20. The molecule has 10 nitrogen and oxygen atoms in total. The molecule has 2 saturated heterocycles. The van der Waals surface area contributed by atoms with E-state index in [0.717, 1.165) is 22.3 Å². The molecule has 0 unspecified atom stereocenters. The molecule has 1 aliphatic carbocycles. The highest BCUT2D eigenvalue weighted by Crippen LogP contribution is 2.65. The zero-order valence-corrected chi connectivity index (χ0v) is 25.7. The first-order chi connectivity index (χ1) is 21.8. The van der Waals surface area contributed by atoms with Crippen molar-refractivity contribution in [2.24, 2.45) is 23.2 Å². The summed E-state index contributed by atoms with van der Waals surface area (Å²) in [5.41, 5.74) is -0.629. The van der Waals surface area contributed by atoms with E-state index in [1.165, 1.54) is 17.4 Å². The molecule has 47 heavy (non-hydrogen) atoms. The molecule has 3 heterocycles. The Hall–Kier alpha value is -3.83. The van der Waals surface area contributed by atoms with E-state index < -0.39 is 89.9 Å². The summed E-state index contributed by atoms with van der Waals surface area (Å²) < 4.78 is 92.9. The third kappa shape index (κ3) is 7.06. The summed E-state index contributed by atoms with van der Waals surface area (Å²) in [5, 5.41) is 6.37. The summed E-state index contributed by atoms with van der Waals surface area (Å²) in [6.07, 6.45) is -13.1. The Bertz CT molecular complexity index is 1610. The Morgan fingerprint density at radius 2 is 1.81 bits per heavy atom. The summed E-state index contributed by atoms with van der Waals surface area (Å²) in [6, 6.07) is -0.960. The quantitative estimate of drug-likeness (QED) is 0.258. The van der Waals surface area contributed by atoms with Gasteiger partial charge in [-0.05, 0) is 48.6 Å². The van der Waals surface area contributed by atoms with E-state index in [1.807, 2.05) is 0 Å². The number of nitrogens with zero attached hydrogens (tertiary/aromatic N) is 2. The largest absolute Gasteiger partial charge is 0.471 e. The number of hydrogen-bond donors (Lipinski definition) is 3. The molecule has 1 aromatic carbocycles. The minimum Gasteiger partial charge on any atom is -0.356 e. The highest BCUT2D eigenvalue weighted by Gasteiger charge is 2.69. The Kier molecular flexibility index (Phi) is 9.04. The first kappa shape index (κ1) is 34.5. The van der Waals surface area contributed by atoms with Gasteiger partial charge >= 0.3 is 18.3 Å². The first-order valence-corrected chi connectivity index (χ1v) is 15.5. The Balaban J connectivity index is 1.43. The molecule has 3 N–H and O–H groups in total. The van der Waals surface area contributed by atoms with Crippen molar-refractivity contribution >= 4 is 51.0 Å². The molecular formula is C29H30F7N5O5S. The van der Waals surface area contributed by atoms with Crippen LogP contribution in [0.15, 0.2) is 18.2 Å². The molecule has 0 radical (unpaired) electrons. The lowest BCUT2D eigenvalue weighted by Crippen LogP contribution is -2.58. The lowest BCUT2D eigenvalue weighted by atomic mass is 9.94. The molecule has 3 fully saturated rings. The number of benzene rings is 1. The van der Waals surface area contributed by atoms with Crippen LogP contribution in [0, 0.1) is 29.0 Å². The molecule has 4 amide bonds. The number of carbonyl (C=O) groups is 5. The number of amides is 4. The average molecular weight is 694 g/mol. The van der Waals surface area contributed by atoms with Gasteiger partial charge in [0.1, 0.15) is 23.4 Å². The molecule has 6 atom stereocenters. The molecule has 0 bridgehead atoms. The molecule has 1 saturated carbocycles. The van der Waals surface area contributed by atoms with E-state index in [4.69, 9.17) is 0 Å². The van der Waals surface area contributed by atoms with Crippen LogP contribution in [-0.2, 0) is 19.2 Å². The van der Waals surface area contributed by atoms with Crippen molar-refractivity contribution in [1.82, 2.24) is 25.8 Å². The minimum absolute atomic E-state index is 0.0783. The maximum atomic E-state index is 14.3. The predicted octanol–water partition coefficient (Wildman–Crippen LogP) is 3.50. The van der Waals surface area contributed by atoms with Gasteiger partial charge in [-0.15, -0.1) is 11.3 Å². The van der Waals surface area contributed by atoms with Crippen LogP contribution in [0.3, 0.4) is 0 Å². The zero-order valence-electron chi connectivity index (χ0n) is 24.9. The van der Waals surface area contributed by atoms with Gasteiger partial charge in [-0.25, -0.2) is 9.37 Å². The van der Waals surface area contributed by atoms with Gasteiger partial charge in [0.15, 0.2) is 5.01 Å². The lowest BCUT2D eigenvalue weighted by Gasteiger charge is -2.34. The van der Waals surface area contributed by atoms with Crippen molar-refractivity contribution in [1.29, 1.82) is 0 Å². The van der Waals surface area contributed by atoms with Gasteiger partial charge in [0.2, 0.25) is 23.5 Å². The maximum absolute atomic E-state index is 14.3. The van der Waals surface area contributed by atoms with Crippen LogP contribution in [0.1, 0.15) is 49.3 Å². The Morgan fingerprint density at radius 3 is 2.40 bits per heavy atom. The van der Waals surface area contributed by atoms with Crippen LogP contribution in [0.2, 0.25) is 0 Å². The lowest BCUT2D eigenvalue weighted by molar-refractivity contribution is -0.176. The monoisotopic (exact) mass is 693 g/mol. The second-order valence-electron chi connectivity index (χ2n) is 12.6. The van der Waals surface area contributed by atoms with E-state index in [0.29, 0.717) is 17.7 Å². The molecule has 5 rings (SSSR count). The molecule has 1 aromatic heterocycles. The first-order valence-electron chi connectivity index (χ1n) is 14.7. The van der Waals surface area contributed by atoms with Gasteiger partial charge in [-0.3, -0.25) is 24.0 Å². The van der Waals surface area contributed by atoms with E-state index in [2.05, 4.69) is 15.6 Å². The SMILES string of the molecule is CC1(C)[C@@H]2[C@@H](C(=O)N[C@@H](C[C@@H]3CCNC3=O)C(=O)c3nc4c(F)cccc4s3)N(C(=O)[C@H](CCC(F)(F)F)NC(=O)C(F)(F)F)C[C@@H]21. The number of Topliss-reactive ketones (excluding diaryl/α,β-unsaturated/α-hetero) is 1. The van der Waals surface area contributed by atoms with Gasteiger partial charge < -0.3 is 20.9 Å². The summed E-state index contributed by atoms with van der Waals surface area (Å²) in [6.45, 7) is 3.67. The van der Waals surface area contributed by atoms with Crippen LogP contribution < -0.4 is 16.0 Å². The fourth-order valence-corrected chi connectivity index (χ4v) is 7.61. The second kappa shape index (κ2) is 12.3. The number of rotatable bonds is 10. The number of fused-ring (bicyclic) bond motifs is 2. The smallest absolute Gasteiger partial charge is 0.356 e. The van der Waals surface area contributed by atoms with Crippen molar-refractivity contribution < 1.29 is 54.7 Å². The summed E-state index contributed by atoms with van der Waals surface area (Å²) in [4.78, 5) is 70.3.